The molecule has 1 aliphatic rings. The molecule has 5 nitrogen and oxygen atoms in total. The number of nitrogens with zero attached hydrogens (tertiary/aromatic N) is 3. The fourth-order valence-electron chi connectivity index (χ4n) is 3.64. The average molecular weight is 366 g/mol. The summed E-state index contributed by atoms with van der Waals surface area (Å²) in [5.74, 6) is 1.52. The molecule has 27 heavy (non-hydrogen) atoms. The van der Waals surface area contributed by atoms with E-state index in [1.807, 2.05) is 6.92 Å². The number of pyridine rings is 1. The SMILES string of the molecule is CCc1cccc(CC)c1NC(N)=NCc1ccc(C)nc1N1CCCC1. The van der Waals surface area contributed by atoms with Crippen molar-refractivity contribution < 1.29 is 0 Å². The summed E-state index contributed by atoms with van der Waals surface area (Å²) in [5, 5.41) is 3.35. The molecule has 144 valence electrons. The van der Waals surface area contributed by atoms with Gasteiger partial charge in [-0.1, -0.05) is 38.1 Å². The number of guanidine groups is 1. The van der Waals surface area contributed by atoms with Crippen molar-refractivity contribution in [3.8, 4) is 0 Å². The molecule has 1 aliphatic heterocycles. The summed E-state index contributed by atoms with van der Waals surface area (Å²) < 4.78 is 0. The highest BCUT2D eigenvalue weighted by Crippen LogP contribution is 2.24. The first kappa shape index (κ1) is 19.2. The smallest absolute Gasteiger partial charge is 0.193 e. The Hall–Kier alpha value is -2.56. The molecule has 5 heteroatoms. The van der Waals surface area contributed by atoms with E-state index >= 15 is 0 Å². The second-order valence-electron chi connectivity index (χ2n) is 7.11. The molecule has 2 aromatic rings. The van der Waals surface area contributed by atoms with Crippen LogP contribution >= 0.6 is 0 Å². The van der Waals surface area contributed by atoms with Gasteiger partial charge in [-0.3, -0.25) is 0 Å². The standard InChI is InChI=1S/C22H31N5/c1-4-17-9-8-10-18(5-2)20(17)26-22(23)24-15-19-12-11-16(3)25-21(19)27-13-6-7-14-27/h8-12H,4-7,13-15H2,1-3H3,(H3,23,24,26). The Balaban J connectivity index is 1.79. The van der Waals surface area contributed by atoms with E-state index in [9.17, 15) is 0 Å². The van der Waals surface area contributed by atoms with Crippen LogP contribution in [0.25, 0.3) is 0 Å². The van der Waals surface area contributed by atoms with Gasteiger partial charge in [-0.15, -0.1) is 0 Å². The zero-order valence-electron chi connectivity index (χ0n) is 16.8. The number of rotatable bonds is 6. The van der Waals surface area contributed by atoms with E-state index < -0.39 is 0 Å². The zero-order chi connectivity index (χ0) is 19.2. The second kappa shape index (κ2) is 8.89. The van der Waals surface area contributed by atoms with Crippen LogP contribution < -0.4 is 16.0 Å². The summed E-state index contributed by atoms with van der Waals surface area (Å²) >= 11 is 0. The Labute approximate surface area is 162 Å². The predicted octanol–water partition coefficient (Wildman–Crippen LogP) is 4.04. The monoisotopic (exact) mass is 365 g/mol. The van der Waals surface area contributed by atoms with Gasteiger partial charge < -0.3 is 16.0 Å². The predicted molar refractivity (Wildman–Crippen MR) is 115 cm³/mol. The molecule has 0 saturated carbocycles. The molecule has 0 bridgehead atoms. The van der Waals surface area contributed by atoms with Gasteiger partial charge in [-0.25, -0.2) is 9.98 Å². The van der Waals surface area contributed by atoms with Gasteiger partial charge >= 0.3 is 0 Å². The number of anilines is 2. The molecule has 3 N–H and O–H groups in total. The fourth-order valence-corrected chi connectivity index (χ4v) is 3.64. The third kappa shape index (κ3) is 4.59. The van der Waals surface area contributed by atoms with Crippen LogP contribution in [0.4, 0.5) is 11.5 Å². The summed E-state index contributed by atoms with van der Waals surface area (Å²) in [6.45, 7) is 9.04. The number of aromatic nitrogens is 1. The lowest BCUT2D eigenvalue weighted by Gasteiger charge is -2.20. The molecule has 1 saturated heterocycles. The average Bonchev–Trinajstić information content (AvgIpc) is 3.21. The van der Waals surface area contributed by atoms with E-state index in [2.05, 4.69) is 59.4 Å². The molecule has 0 atom stereocenters. The quantitative estimate of drug-likeness (QED) is 0.599. The van der Waals surface area contributed by atoms with Crippen LogP contribution in [0.1, 0.15) is 49.1 Å². The molecule has 0 unspecified atom stereocenters. The Morgan fingerprint density at radius 3 is 2.37 bits per heavy atom. The van der Waals surface area contributed by atoms with Crippen molar-refractivity contribution in [1.29, 1.82) is 0 Å². The fraction of sp³-hybridized carbons (Fsp3) is 0.455. The number of hydrogen-bond donors (Lipinski definition) is 2. The van der Waals surface area contributed by atoms with Gasteiger partial charge in [-0.05, 0) is 49.8 Å². The van der Waals surface area contributed by atoms with E-state index in [0.717, 1.165) is 48.7 Å². The van der Waals surface area contributed by atoms with Crippen LogP contribution in [0.15, 0.2) is 35.3 Å². The Morgan fingerprint density at radius 1 is 1.07 bits per heavy atom. The number of para-hydroxylation sites is 1. The summed E-state index contributed by atoms with van der Waals surface area (Å²) in [6.07, 6.45) is 4.39. The molecule has 0 spiro atoms. The van der Waals surface area contributed by atoms with Crippen LogP contribution in [0, 0.1) is 6.92 Å². The molecule has 1 aromatic heterocycles. The van der Waals surface area contributed by atoms with Crippen molar-refractivity contribution in [3.05, 3.63) is 52.7 Å². The highest BCUT2D eigenvalue weighted by atomic mass is 15.2. The Kier molecular flexibility index (Phi) is 6.32. The number of nitrogens with one attached hydrogen (secondary N) is 1. The Morgan fingerprint density at radius 2 is 1.74 bits per heavy atom. The first-order valence-electron chi connectivity index (χ1n) is 10.0. The zero-order valence-corrected chi connectivity index (χ0v) is 16.8. The second-order valence-corrected chi connectivity index (χ2v) is 7.11. The van der Waals surface area contributed by atoms with Crippen LogP contribution in [0.5, 0.6) is 0 Å². The van der Waals surface area contributed by atoms with Crippen LogP contribution in [-0.2, 0) is 19.4 Å². The van der Waals surface area contributed by atoms with Crippen LogP contribution in [-0.4, -0.2) is 24.0 Å². The first-order chi connectivity index (χ1) is 13.1. The van der Waals surface area contributed by atoms with Crippen molar-refractivity contribution in [2.45, 2.75) is 53.0 Å². The minimum absolute atomic E-state index is 0.457. The van der Waals surface area contributed by atoms with Crippen LogP contribution in [0.2, 0.25) is 0 Å². The summed E-state index contributed by atoms with van der Waals surface area (Å²) in [7, 11) is 0. The third-order valence-electron chi connectivity index (χ3n) is 5.17. The molecular formula is C22H31N5. The van der Waals surface area contributed by atoms with Crippen molar-refractivity contribution in [3.63, 3.8) is 0 Å². The highest BCUT2D eigenvalue weighted by molar-refractivity contribution is 5.93. The van der Waals surface area contributed by atoms with Gasteiger partial charge in [0.15, 0.2) is 5.96 Å². The molecule has 0 amide bonds. The lowest BCUT2D eigenvalue weighted by atomic mass is 10.0. The van der Waals surface area contributed by atoms with E-state index in [0.29, 0.717) is 12.5 Å². The Bertz CT molecular complexity index is 784. The molecule has 1 fully saturated rings. The van der Waals surface area contributed by atoms with Crippen molar-refractivity contribution in [2.75, 3.05) is 23.3 Å². The van der Waals surface area contributed by atoms with Crippen molar-refractivity contribution in [2.24, 2.45) is 10.7 Å². The largest absolute Gasteiger partial charge is 0.370 e. The molecule has 2 heterocycles. The van der Waals surface area contributed by atoms with Gasteiger partial charge in [0.2, 0.25) is 0 Å². The van der Waals surface area contributed by atoms with Gasteiger partial charge in [0.05, 0.1) is 6.54 Å². The number of aryl methyl sites for hydroxylation is 3. The van der Waals surface area contributed by atoms with Gasteiger partial charge in [0, 0.05) is 30.0 Å². The summed E-state index contributed by atoms with van der Waals surface area (Å²) in [5.41, 5.74) is 12.0. The maximum atomic E-state index is 6.24. The van der Waals surface area contributed by atoms with E-state index in [1.54, 1.807) is 0 Å². The maximum absolute atomic E-state index is 6.24. The number of nitrogens with two attached hydrogens (primary N) is 1. The highest BCUT2D eigenvalue weighted by Gasteiger charge is 2.17. The van der Waals surface area contributed by atoms with Gasteiger partial charge in [0.25, 0.3) is 0 Å². The normalized spacial score (nSPS) is 14.6. The van der Waals surface area contributed by atoms with Crippen LogP contribution in [0.3, 0.4) is 0 Å². The van der Waals surface area contributed by atoms with E-state index in [1.165, 1.54) is 24.0 Å². The number of hydrogen-bond acceptors (Lipinski definition) is 3. The van der Waals surface area contributed by atoms with E-state index in [-0.39, 0.29) is 0 Å². The van der Waals surface area contributed by atoms with Gasteiger partial charge in [-0.2, -0.15) is 0 Å². The molecule has 1 aromatic carbocycles. The topological polar surface area (TPSA) is 66.5 Å². The summed E-state index contributed by atoms with van der Waals surface area (Å²) in [6, 6.07) is 10.6. The van der Waals surface area contributed by atoms with Crippen molar-refractivity contribution in [1.82, 2.24) is 4.98 Å². The van der Waals surface area contributed by atoms with Gasteiger partial charge in [0.1, 0.15) is 5.82 Å². The minimum Gasteiger partial charge on any atom is -0.370 e. The van der Waals surface area contributed by atoms with Crippen molar-refractivity contribution >= 4 is 17.5 Å². The first-order valence-corrected chi connectivity index (χ1v) is 10.0. The number of benzene rings is 1. The molecule has 0 radical (unpaired) electrons. The summed E-state index contributed by atoms with van der Waals surface area (Å²) in [4.78, 5) is 11.8. The molecule has 0 aliphatic carbocycles. The van der Waals surface area contributed by atoms with E-state index in [4.69, 9.17) is 10.7 Å². The lowest BCUT2D eigenvalue weighted by molar-refractivity contribution is 0.898. The lowest BCUT2D eigenvalue weighted by Crippen LogP contribution is -2.25. The molecule has 3 rings (SSSR count). The minimum atomic E-state index is 0.457. The number of aliphatic imine (C=N–C) groups is 1. The third-order valence-corrected chi connectivity index (χ3v) is 5.17. The maximum Gasteiger partial charge on any atom is 0.193 e. The molecular weight excluding hydrogens is 334 g/mol.